The molecule has 1 amide bonds. The maximum atomic E-state index is 12.5. The number of sulfone groups is 1. The zero-order valence-electron chi connectivity index (χ0n) is 14.6. The number of thiophene rings is 1. The van der Waals surface area contributed by atoms with E-state index < -0.39 is 9.84 Å². The first kappa shape index (κ1) is 18.4. The van der Waals surface area contributed by atoms with E-state index in [1.54, 1.807) is 28.9 Å². The van der Waals surface area contributed by atoms with Crippen molar-refractivity contribution < 1.29 is 17.9 Å². The number of hydrogen-bond acceptors (Lipinski definition) is 6. The lowest BCUT2D eigenvalue weighted by atomic mass is 10.2. The number of aromatic nitrogens is 2. The normalized spacial score (nSPS) is 11.7. The standard InChI is InChI=1S/C17H19N3O4S2/c1-11-14-10-15(25-17(14)20(2)19-11)16(21)18-12-5-4-6-13(9-12)24-7-8-26(3,22)23/h4-6,9-10H,7-8H2,1-3H3,(H,18,21). The number of ether oxygens (including phenoxy) is 1. The van der Waals surface area contributed by atoms with Crippen molar-refractivity contribution in [2.24, 2.45) is 7.05 Å². The van der Waals surface area contributed by atoms with Crippen LogP contribution in [0.2, 0.25) is 0 Å². The van der Waals surface area contributed by atoms with Crippen molar-refractivity contribution in [1.29, 1.82) is 0 Å². The summed E-state index contributed by atoms with van der Waals surface area (Å²) in [5.41, 5.74) is 1.47. The average molecular weight is 393 g/mol. The number of nitrogens with zero attached hydrogens (tertiary/aromatic N) is 2. The van der Waals surface area contributed by atoms with E-state index in [0.29, 0.717) is 16.3 Å². The fourth-order valence-corrected chi connectivity index (χ4v) is 3.89. The highest BCUT2D eigenvalue weighted by atomic mass is 32.2. The summed E-state index contributed by atoms with van der Waals surface area (Å²) in [5.74, 6) is 0.236. The molecule has 26 heavy (non-hydrogen) atoms. The van der Waals surface area contributed by atoms with Gasteiger partial charge in [0, 0.05) is 30.4 Å². The molecule has 2 aromatic heterocycles. The number of rotatable bonds is 6. The lowest BCUT2D eigenvalue weighted by molar-refractivity contribution is 0.103. The Morgan fingerprint density at radius 1 is 1.35 bits per heavy atom. The highest BCUT2D eigenvalue weighted by Crippen LogP contribution is 2.28. The molecule has 0 radical (unpaired) electrons. The number of carbonyl (C=O) groups is 1. The number of fused-ring (bicyclic) bond motifs is 1. The SMILES string of the molecule is Cc1nn(C)c2sc(C(=O)Nc3cccc(OCCS(C)(=O)=O)c3)cc12. The van der Waals surface area contributed by atoms with E-state index in [0.717, 1.165) is 22.2 Å². The summed E-state index contributed by atoms with van der Waals surface area (Å²) in [6.45, 7) is 1.98. The minimum absolute atomic E-state index is 0.0568. The van der Waals surface area contributed by atoms with Crippen LogP contribution in [-0.2, 0) is 16.9 Å². The molecular weight excluding hydrogens is 374 g/mol. The molecule has 0 aliphatic rings. The van der Waals surface area contributed by atoms with E-state index in [-0.39, 0.29) is 18.3 Å². The van der Waals surface area contributed by atoms with Gasteiger partial charge >= 0.3 is 0 Å². The number of benzene rings is 1. The smallest absolute Gasteiger partial charge is 0.265 e. The molecule has 3 aromatic rings. The van der Waals surface area contributed by atoms with Crippen LogP contribution in [0.5, 0.6) is 5.75 Å². The molecule has 0 fully saturated rings. The monoisotopic (exact) mass is 393 g/mol. The van der Waals surface area contributed by atoms with Gasteiger partial charge in [0.15, 0.2) is 9.84 Å². The van der Waals surface area contributed by atoms with Gasteiger partial charge in [-0.05, 0) is 25.1 Å². The molecule has 9 heteroatoms. The first-order valence-corrected chi connectivity index (χ1v) is 10.8. The molecule has 1 N–H and O–H groups in total. The lowest BCUT2D eigenvalue weighted by Gasteiger charge is -2.08. The highest BCUT2D eigenvalue weighted by Gasteiger charge is 2.15. The van der Waals surface area contributed by atoms with E-state index in [9.17, 15) is 13.2 Å². The summed E-state index contributed by atoms with van der Waals surface area (Å²) in [6, 6.07) is 8.71. The third-order valence-electron chi connectivity index (χ3n) is 3.73. The molecule has 1 aromatic carbocycles. The second kappa shape index (κ2) is 7.08. The molecule has 0 aliphatic heterocycles. The summed E-state index contributed by atoms with van der Waals surface area (Å²) < 4.78 is 29.5. The highest BCUT2D eigenvalue weighted by molar-refractivity contribution is 7.90. The number of nitrogens with one attached hydrogen (secondary N) is 1. The first-order valence-electron chi connectivity index (χ1n) is 7.88. The largest absolute Gasteiger partial charge is 0.492 e. The van der Waals surface area contributed by atoms with Crippen molar-refractivity contribution in [2.45, 2.75) is 6.92 Å². The molecule has 0 unspecified atom stereocenters. The van der Waals surface area contributed by atoms with Crippen LogP contribution in [-0.4, -0.2) is 42.7 Å². The predicted molar refractivity (Wildman–Crippen MR) is 103 cm³/mol. The summed E-state index contributed by atoms with van der Waals surface area (Å²) in [6.07, 6.45) is 1.16. The van der Waals surface area contributed by atoms with Crippen molar-refractivity contribution in [3.8, 4) is 5.75 Å². The number of aryl methyl sites for hydroxylation is 2. The number of anilines is 1. The van der Waals surface area contributed by atoms with E-state index in [2.05, 4.69) is 10.4 Å². The van der Waals surface area contributed by atoms with Crippen molar-refractivity contribution in [3.05, 3.63) is 40.9 Å². The molecule has 7 nitrogen and oxygen atoms in total. The van der Waals surface area contributed by atoms with Gasteiger partial charge in [-0.15, -0.1) is 11.3 Å². The Morgan fingerprint density at radius 2 is 2.12 bits per heavy atom. The topological polar surface area (TPSA) is 90.3 Å². The number of carbonyl (C=O) groups excluding carboxylic acids is 1. The zero-order chi connectivity index (χ0) is 18.9. The van der Waals surface area contributed by atoms with Gasteiger partial charge in [-0.2, -0.15) is 5.10 Å². The molecule has 0 saturated carbocycles. The fourth-order valence-electron chi connectivity index (χ4n) is 2.48. The maximum absolute atomic E-state index is 12.5. The van der Waals surface area contributed by atoms with Crippen LogP contribution in [0.4, 0.5) is 5.69 Å². The van der Waals surface area contributed by atoms with Crippen LogP contribution in [0.15, 0.2) is 30.3 Å². The summed E-state index contributed by atoms with van der Waals surface area (Å²) >= 11 is 1.38. The molecule has 0 saturated heterocycles. The molecule has 2 heterocycles. The van der Waals surface area contributed by atoms with Gasteiger partial charge < -0.3 is 10.1 Å². The molecule has 0 bridgehead atoms. The van der Waals surface area contributed by atoms with Crippen LogP contribution in [0, 0.1) is 6.92 Å². The third-order valence-corrected chi connectivity index (χ3v) is 5.84. The van der Waals surface area contributed by atoms with Gasteiger partial charge in [-0.25, -0.2) is 8.42 Å². The van der Waals surface area contributed by atoms with E-state index >= 15 is 0 Å². The minimum Gasteiger partial charge on any atom is -0.492 e. The zero-order valence-corrected chi connectivity index (χ0v) is 16.3. The molecule has 138 valence electrons. The van der Waals surface area contributed by atoms with Crippen LogP contribution >= 0.6 is 11.3 Å². The summed E-state index contributed by atoms with van der Waals surface area (Å²) in [7, 11) is -1.22. The fraction of sp³-hybridized carbons (Fsp3) is 0.294. The average Bonchev–Trinajstić information content (AvgIpc) is 3.09. The predicted octanol–water partition coefficient (Wildman–Crippen LogP) is 2.62. The third kappa shape index (κ3) is 4.23. The van der Waals surface area contributed by atoms with Crippen LogP contribution in [0.1, 0.15) is 15.4 Å². The Labute approximate surface area is 155 Å². The van der Waals surface area contributed by atoms with Gasteiger partial charge in [-0.3, -0.25) is 9.48 Å². The van der Waals surface area contributed by atoms with E-state index in [1.165, 1.54) is 11.3 Å². The van der Waals surface area contributed by atoms with Gasteiger partial charge in [-0.1, -0.05) is 6.07 Å². The minimum atomic E-state index is -3.07. The van der Waals surface area contributed by atoms with Gasteiger partial charge in [0.1, 0.15) is 17.2 Å². The van der Waals surface area contributed by atoms with Gasteiger partial charge in [0.05, 0.1) is 16.3 Å². The quantitative estimate of drug-likeness (QED) is 0.695. The molecule has 3 rings (SSSR count). The Bertz CT molecular complexity index is 1030. The van der Waals surface area contributed by atoms with Crippen molar-refractivity contribution in [1.82, 2.24) is 9.78 Å². The molecule has 0 spiro atoms. The number of hydrogen-bond donors (Lipinski definition) is 1. The Balaban J connectivity index is 1.70. The Kier molecular flexibility index (Phi) is 5.01. The lowest BCUT2D eigenvalue weighted by Crippen LogP contribution is -2.13. The Hall–Kier alpha value is -2.39. The van der Waals surface area contributed by atoms with E-state index in [1.807, 2.05) is 20.0 Å². The summed E-state index contributed by atoms with van der Waals surface area (Å²) in [5, 5.41) is 8.14. The van der Waals surface area contributed by atoms with Crippen LogP contribution in [0.3, 0.4) is 0 Å². The molecule has 0 atom stereocenters. The second-order valence-corrected chi connectivity index (χ2v) is 9.29. The number of amides is 1. The molecule has 0 aliphatic carbocycles. The van der Waals surface area contributed by atoms with Crippen LogP contribution < -0.4 is 10.1 Å². The van der Waals surface area contributed by atoms with Crippen molar-refractivity contribution >= 4 is 43.0 Å². The maximum Gasteiger partial charge on any atom is 0.265 e. The summed E-state index contributed by atoms with van der Waals surface area (Å²) in [4.78, 5) is 14.1. The Morgan fingerprint density at radius 3 is 2.81 bits per heavy atom. The molecular formula is C17H19N3O4S2. The first-order chi connectivity index (χ1) is 12.2. The van der Waals surface area contributed by atoms with Crippen molar-refractivity contribution in [2.75, 3.05) is 23.9 Å². The van der Waals surface area contributed by atoms with Gasteiger partial charge in [0.2, 0.25) is 0 Å². The second-order valence-electron chi connectivity index (χ2n) is 6.00. The van der Waals surface area contributed by atoms with Gasteiger partial charge in [0.25, 0.3) is 5.91 Å². The van der Waals surface area contributed by atoms with Crippen LogP contribution in [0.25, 0.3) is 10.2 Å². The van der Waals surface area contributed by atoms with E-state index in [4.69, 9.17) is 4.74 Å². The van der Waals surface area contributed by atoms with Crippen molar-refractivity contribution in [3.63, 3.8) is 0 Å².